The summed E-state index contributed by atoms with van der Waals surface area (Å²) in [5.41, 5.74) is 7.71. The highest BCUT2D eigenvalue weighted by Crippen LogP contribution is 2.26. The lowest BCUT2D eigenvalue weighted by molar-refractivity contribution is -0.115. The predicted molar refractivity (Wildman–Crippen MR) is 102 cm³/mol. The van der Waals surface area contributed by atoms with Gasteiger partial charge in [0.1, 0.15) is 11.6 Å². The van der Waals surface area contributed by atoms with Gasteiger partial charge >= 0.3 is 0 Å². The van der Waals surface area contributed by atoms with Gasteiger partial charge in [-0.05, 0) is 44.2 Å². The van der Waals surface area contributed by atoms with Crippen molar-refractivity contribution in [1.82, 2.24) is 24.7 Å². The average Bonchev–Trinajstić information content (AvgIpc) is 3.01. The van der Waals surface area contributed by atoms with Crippen LogP contribution in [0.4, 0.5) is 4.39 Å². The van der Waals surface area contributed by atoms with Crippen molar-refractivity contribution in [2.45, 2.75) is 29.9 Å². The summed E-state index contributed by atoms with van der Waals surface area (Å²) < 4.78 is 15.1. The molecule has 0 saturated heterocycles. The molecular weight excluding hydrogens is 387 g/mol. The van der Waals surface area contributed by atoms with Crippen LogP contribution in [-0.4, -0.2) is 36.4 Å². The molecule has 0 aliphatic carbocycles. The van der Waals surface area contributed by atoms with E-state index in [1.807, 2.05) is 19.9 Å². The van der Waals surface area contributed by atoms with Crippen LogP contribution in [0.3, 0.4) is 0 Å². The third-order valence-electron chi connectivity index (χ3n) is 3.42. The maximum Gasteiger partial charge on any atom is 0.227 e. The molecule has 0 unspecified atom stereocenters. The molecule has 0 bridgehead atoms. The minimum atomic E-state index is -0.451. The molecule has 2 aromatic heterocycles. The van der Waals surface area contributed by atoms with Crippen molar-refractivity contribution in [2.24, 2.45) is 5.73 Å². The van der Waals surface area contributed by atoms with Gasteiger partial charge in [0.15, 0.2) is 10.3 Å². The summed E-state index contributed by atoms with van der Waals surface area (Å²) >= 11 is 2.61. The first-order chi connectivity index (χ1) is 12.9. The smallest absolute Gasteiger partial charge is 0.227 e. The molecule has 3 rings (SSSR count). The van der Waals surface area contributed by atoms with E-state index >= 15 is 0 Å². The molecule has 0 atom stereocenters. The molecule has 2 heterocycles. The molecule has 27 heavy (non-hydrogen) atoms. The van der Waals surface area contributed by atoms with Gasteiger partial charge in [0.2, 0.25) is 5.91 Å². The van der Waals surface area contributed by atoms with Crippen molar-refractivity contribution in [3.63, 3.8) is 0 Å². The molecule has 0 radical (unpaired) electrons. The summed E-state index contributed by atoms with van der Waals surface area (Å²) in [6.45, 7) is 3.83. The zero-order valence-electron chi connectivity index (χ0n) is 14.7. The fraction of sp³-hybridized carbons (Fsp3) is 0.235. The molecule has 7 nitrogen and oxygen atoms in total. The summed E-state index contributed by atoms with van der Waals surface area (Å²) in [6.07, 6.45) is 0. The van der Waals surface area contributed by atoms with Crippen LogP contribution in [0.1, 0.15) is 17.2 Å². The molecule has 0 spiro atoms. The van der Waals surface area contributed by atoms with E-state index in [1.165, 1.54) is 35.7 Å². The Morgan fingerprint density at radius 2 is 1.78 bits per heavy atom. The number of amides is 1. The summed E-state index contributed by atoms with van der Waals surface area (Å²) in [5, 5.41) is 9.53. The quantitative estimate of drug-likeness (QED) is 0.477. The van der Waals surface area contributed by atoms with Gasteiger partial charge in [-0.1, -0.05) is 23.5 Å². The zero-order chi connectivity index (χ0) is 19.4. The van der Waals surface area contributed by atoms with Gasteiger partial charge in [0.25, 0.3) is 0 Å². The number of aromatic nitrogens is 5. The lowest BCUT2D eigenvalue weighted by atomic mass is 10.3. The van der Waals surface area contributed by atoms with Crippen molar-refractivity contribution in [2.75, 3.05) is 5.75 Å². The van der Waals surface area contributed by atoms with Crippen molar-refractivity contribution >= 4 is 29.4 Å². The maximum atomic E-state index is 13.3. The van der Waals surface area contributed by atoms with Gasteiger partial charge in [-0.25, -0.2) is 14.4 Å². The second-order valence-corrected chi connectivity index (χ2v) is 7.57. The van der Waals surface area contributed by atoms with Gasteiger partial charge in [-0.2, -0.15) is 0 Å². The van der Waals surface area contributed by atoms with Gasteiger partial charge in [-0.3, -0.25) is 9.36 Å². The van der Waals surface area contributed by atoms with Crippen LogP contribution < -0.4 is 5.73 Å². The first-order valence-corrected chi connectivity index (χ1v) is 9.96. The molecule has 1 amide bonds. The highest BCUT2D eigenvalue weighted by atomic mass is 32.2. The highest BCUT2D eigenvalue weighted by molar-refractivity contribution is 7.99. The molecule has 1 aromatic carbocycles. The molecule has 2 N–H and O–H groups in total. The average molecular weight is 404 g/mol. The first kappa shape index (κ1) is 19.3. The normalized spacial score (nSPS) is 10.9. The minimum Gasteiger partial charge on any atom is -0.369 e. The Balaban J connectivity index is 1.89. The van der Waals surface area contributed by atoms with Gasteiger partial charge in [0.05, 0.1) is 11.5 Å². The molecule has 3 aromatic rings. The number of halogens is 1. The highest BCUT2D eigenvalue weighted by Gasteiger charge is 2.16. The molecule has 0 aliphatic heterocycles. The summed E-state index contributed by atoms with van der Waals surface area (Å²) in [5.74, 6) is 0.393. The van der Waals surface area contributed by atoms with Crippen LogP contribution in [0.25, 0.3) is 5.69 Å². The number of carbonyl (C=O) groups excluding carboxylic acids is 1. The van der Waals surface area contributed by atoms with Crippen molar-refractivity contribution < 1.29 is 9.18 Å². The molecule has 0 fully saturated rings. The van der Waals surface area contributed by atoms with Crippen LogP contribution in [0, 0.1) is 19.7 Å². The second kappa shape index (κ2) is 8.49. The predicted octanol–water partition coefficient (Wildman–Crippen LogP) is 2.68. The van der Waals surface area contributed by atoms with Crippen LogP contribution in [0.15, 0.2) is 40.6 Å². The number of rotatable bonds is 7. The van der Waals surface area contributed by atoms with E-state index in [9.17, 15) is 9.18 Å². The van der Waals surface area contributed by atoms with E-state index < -0.39 is 5.91 Å². The third kappa shape index (κ3) is 5.04. The fourth-order valence-corrected chi connectivity index (χ4v) is 3.93. The summed E-state index contributed by atoms with van der Waals surface area (Å²) in [4.78, 5) is 19.9. The number of nitrogens with two attached hydrogens (primary N) is 1. The summed E-state index contributed by atoms with van der Waals surface area (Å²) in [7, 11) is 0. The Morgan fingerprint density at radius 1 is 1.11 bits per heavy atom. The van der Waals surface area contributed by atoms with E-state index in [0.717, 1.165) is 11.4 Å². The van der Waals surface area contributed by atoms with Crippen molar-refractivity contribution in [3.05, 3.63) is 53.4 Å². The van der Waals surface area contributed by atoms with E-state index in [2.05, 4.69) is 20.2 Å². The lowest BCUT2D eigenvalue weighted by Crippen LogP contribution is -2.14. The summed E-state index contributed by atoms with van der Waals surface area (Å²) in [6, 6.07) is 7.90. The topological polar surface area (TPSA) is 99.6 Å². The molecular formula is C17H17FN6OS2. The number of hydrogen-bond acceptors (Lipinski definition) is 7. The van der Waals surface area contributed by atoms with Crippen LogP contribution in [-0.2, 0) is 10.5 Å². The number of aryl methyl sites for hydroxylation is 2. The Hall–Kier alpha value is -2.46. The zero-order valence-corrected chi connectivity index (χ0v) is 16.4. The number of thioether (sulfide) groups is 2. The standard InChI is InChI=1S/C17H17FN6OS2/c1-10-7-11(2)21-16(20-10)26-9-15-22-23-17(27-8-14(19)25)24(15)13-5-3-12(18)4-6-13/h3-7H,8-9H2,1-2H3,(H2,19,25). The van der Waals surface area contributed by atoms with Gasteiger partial charge < -0.3 is 5.73 Å². The van der Waals surface area contributed by atoms with E-state index in [1.54, 1.807) is 16.7 Å². The number of primary amides is 1. The maximum absolute atomic E-state index is 13.3. The largest absolute Gasteiger partial charge is 0.369 e. The Kier molecular flexibility index (Phi) is 6.07. The molecule has 0 saturated carbocycles. The van der Waals surface area contributed by atoms with Crippen LogP contribution in [0.5, 0.6) is 0 Å². The van der Waals surface area contributed by atoms with E-state index in [4.69, 9.17) is 5.73 Å². The number of hydrogen-bond donors (Lipinski definition) is 1. The van der Waals surface area contributed by atoms with Crippen LogP contribution in [0.2, 0.25) is 0 Å². The minimum absolute atomic E-state index is 0.0760. The Labute approximate surface area is 164 Å². The fourth-order valence-electron chi connectivity index (χ4n) is 2.36. The SMILES string of the molecule is Cc1cc(C)nc(SCc2nnc(SCC(N)=O)n2-c2ccc(F)cc2)n1. The number of carbonyl (C=O) groups is 1. The molecule has 140 valence electrons. The first-order valence-electron chi connectivity index (χ1n) is 7.99. The van der Waals surface area contributed by atoms with E-state index in [0.29, 0.717) is 27.6 Å². The van der Waals surface area contributed by atoms with Gasteiger partial charge in [-0.15, -0.1) is 10.2 Å². The Morgan fingerprint density at radius 3 is 2.41 bits per heavy atom. The number of nitrogens with zero attached hydrogens (tertiary/aromatic N) is 5. The third-order valence-corrected chi connectivity index (χ3v) is 5.22. The van der Waals surface area contributed by atoms with E-state index in [-0.39, 0.29) is 11.6 Å². The molecule has 0 aliphatic rings. The monoisotopic (exact) mass is 404 g/mol. The second-order valence-electron chi connectivity index (χ2n) is 5.69. The molecule has 10 heteroatoms. The van der Waals surface area contributed by atoms with Crippen molar-refractivity contribution in [3.8, 4) is 5.69 Å². The van der Waals surface area contributed by atoms with Crippen LogP contribution >= 0.6 is 23.5 Å². The lowest BCUT2D eigenvalue weighted by Gasteiger charge is -2.10. The number of benzene rings is 1. The van der Waals surface area contributed by atoms with Gasteiger partial charge in [0, 0.05) is 17.1 Å². The van der Waals surface area contributed by atoms with Crippen molar-refractivity contribution in [1.29, 1.82) is 0 Å². The Bertz CT molecular complexity index is 940.